The number of carbonyl (C=O) groups excluding carboxylic acids is 3. The quantitative estimate of drug-likeness (QED) is 0.752. The number of aryl methyl sites for hydroxylation is 3. The Kier molecular flexibility index (Phi) is 6.32. The van der Waals surface area contributed by atoms with Crippen LogP contribution in [0.3, 0.4) is 0 Å². The van der Waals surface area contributed by atoms with E-state index in [2.05, 4.69) is 5.32 Å². The van der Waals surface area contributed by atoms with Gasteiger partial charge in [-0.15, -0.1) is 11.8 Å². The fourth-order valence-corrected chi connectivity index (χ4v) is 4.92. The summed E-state index contributed by atoms with van der Waals surface area (Å²) in [5, 5.41) is 2.42. The highest BCUT2D eigenvalue weighted by molar-refractivity contribution is 7.99. The molecule has 0 radical (unpaired) electrons. The highest BCUT2D eigenvalue weighted by atomic mass is 32.2. The molecular formula is C21H24N2O5S. The van der Waals surface area contributed by atoms with Crippen molar-refractivity contribution in [2.24, 2.45) is 0 Å². The third-order valence-electron chi connectivity index (χ3n) is 4.71. The molecule has 2 amide bonds. The summed E-state index contributed by atoms with van der Waals surface area (Å²) >= 11 is 1.43. The molecular weight excluding hydrogens is 392 g/mol. The normalized spacial score (nSPS) is 18.6. The molecule has 0 aliphatic carbocycles. The third-order valence-corrected chi connectivity index (χ3v) is 5.99. The number of benzene rings is 1. The SMILES string of the molecule is CC(=O)N1[C@@H](C(=O)OCC(=O)Nc2c(C)cc(C)cc2C)CS[C@@H]1c1ccco1. The van der Waals surface area contributed by atoms with Crippen LogP contribution in [0.4, 0.5) is 5.69 Å². The first-order valence-electron chi connectivity index (χ1n) is 9.26. The Bertz CT molecular complexity index is 902. The smallest absolute Gasteiger partial charge is 0.330 e. The largest absolute Gasteiger partial charge is 0.466 e. The van der Waals surface area contributed by atoms with Crippen LogP contribution in [0.2, 0.25) is 0 Å². The van der Waals surface area contributed by atoms with E-state index in [-0.39, 0.29) is 11.3 Å². The molecule has 1 aliphatic rings. The Labute approximate surface area is 173 Å². The molecule has 0 saturated carbocycles. The second kappa shape index (κ2) is 8.73. The van der Waals surface area contributed by atoms with Crippen molar-refractivity contribution in [3.63, 3.8) is 0 Å². The molecule has 8 heteroatoms. The van der Waals surface area contributed by atoms with E-state index in [0.29, 0.717) is 11.5 Å². The zero-order valence-corrected chi connectivity index (χ0v) is 17.7. The Morgan fingerprint density at radius 3 is 2.52 bits per heavy atom. The van der Waals surface area contributed by atoms with Crippen LogP contribution < -0.4 is 5.32 Å². The molecule has 154 valence electrons. The summed E-state index contributed by atoms with van der Waals surface area (Å²) in [5.74, 6) is -0.302. The second-order valence-corrected chi connectivity index (χ2v) is 8.19. The van der Waals surface area contributed by atoms with Crippen LogP contribution in [0.1, 0.15) is 34.7 Å². The minimum absolute atomic E-state index is 0.256. The average molecular weight is 416 g/mol. The molecule has 1 N–H and O–H groups in total. The van der Waals surface area contributed by atoms with Crippen molar-refractivity contribution in [1.29, 1.82) is 0 Å². The number of anilines is 1. The van der Waals surface area contributed by atoms with Crippen LogP contribution in [0.25, 0.3) is 0 Å². The van der Waals surface area contributed by atoms with Gasteiger partial charge in [-0.3, -0.25) is 9.59 Å². The Morgan fingerprint density at radius 2 is 1.93 bits per heavy atom. The molecule has 1 aromatic heterocycles. The molecule has 2 atom stereocenters. The zero-order valence-electron chi connectivity index (χ0n) is 16.9. The maximum Gasteiger partial charge on any atom is 0.330 e. The predicted octanol–water partition coefficient (Wildman–Crippen LogP) is 3.35. The molecule has 2 heterocycles. The first-order valence-corrected chi connectivity index (χ1v) is 10.3. The van der Waals surface area contributed by atoms with Gasteiger partial charge in [-0.05, 0) is 44.0 Å². The van der Waals surface area contributed by atoms with Crippen LogP contribution >= 0.6 is 11.8 Å². The lowest BCUT2D eigenvalue weighted by atomic mass is 10.1. The average Bonchev–Trinajstić information content (AvgIpc) is 3.31. The Morgan fingerprint density at radius 1 is 1.24 bits per heavy atom. The van der Waals surface area contributed by atoms with Gasteiger partial charge in [-0.2, -0.15) is 0 Å². The van der Waals surface area contributed by atoms with Gasteiger partial charge in [0.25, 0.3) is 5.91 Å². The molecule has 2 aromatic rings. The molecule has 3 rings (SSSR count). The number of rotatable bonds is 5. The van der Waals surface area contributed by atoms with Crippen molar-refractivity contribution in [3.8, 4) is 0 Å². The number of nitrogens with one attached hydrogen (secondary N) is 1. The summed E-state index contributed by atoms with van der Waals surface area (Å²) in [7, 11) is 0. The zero-order chi connectivity index (χ0) is 21.1. The molecule has 1 aromatic carbocycles. The maximum atomic E-state index is 12.6. The minimum Gasteiger partial charge on any atom is -0.466 e. The number of hydrogen-bond acceptors (Lipinski definition) is 6. The van der Waals surface area contributed by atoms with Crippen molar-refractivity contribution in [1.82, 2.24) is 4.90 Å². The van der Waals surface area contributed by atoms with Crippen molar-refractivity contribution in [2.75, 3.05) is 17.7 Å². The lowest BCUT2D eigenvalue weighted by Crippen LogP contribution is -2.43. The first-order chi connectivity index (χ1) is 13.8. The number of amides is 2. The summed E-state index contributed by atoms with van der Waals surface area (Å²) in [6.45, 7) is 6.80. The fraction of sp³-hybridized carbons (Fsp3) is 0.381. The van der Waals surface area contributed by atoms with Gasteiger partial charge in [0, 0.05) is 18.4 Å². The molecule has 0 spiro atoms. The number of furan rings is 1. The minimum atomic E-state index is -0.761. The van der Waals surface area contributed by atoms with E-state index < -0.39 is 24.5 Å². The molecule has 1 aliphatic heterocycles. The third kappa shape index (κ3) is 4.64. The molecule has 29 heavy (non-hydrogen) atoms. The highest BCUT2D eigenvalue weighted by Crippen LogP contribution is 2.41. The van der Waals surface area contributed by atoms with Gasteiger partial charge >= 0.3 is 5.97 Å². The van der Waals surface area contributed by atoms with Crippen molar-refractivity contribution >= 4 is 35.2 Å². The van der Waals surface area contributed by atoms with E-state index in [4.69, 9.17) is 9.15 Å². The Balaban J connectivity index is 1.61. The van der Waals surface area contributed by atoms with Crippen LogP contribution in [-0.4, -0.2) is 41.1 Å². The molecule has 1 saturated heterocycles. The van der Waals surface area contributed by atoms with E-state index in [1.807, 2.05) is 32.9 Å². The fourth-order valence-electron chi connectivity index (χ4n) is 3.51. The number of nitrogens with zero attached hydrogens (tertiary/aromatic N) is 1. The lowest BCUT2D eigenvalue weighted by Gasteiger charge is -2.25. The Hall–Kier alpha value is -2.74. The van der Waals surface area contributed by atoms with Crippen molar-refractivity contribution in [3.05, 3.63) is 53.0 Å². The van der Waals surface area contributed by atoms with Gasteiger partial charge < -0.3 is 19.4 Å². The summed E-state index contributed by atoms with van der Waals surface area (Å²) in [5.41, 5.74) is 3.71. The molecule has 1 fully saturated rings. The molecule has 0 unspecified atom stereocenters. The maximum absolute atomic E-state index is 12.6. The topological polar surface area (TPSA) is 88.8 Å². The van der Waals surface area contributed by atoms with E-state index in [1.165, 1.54) is 29.8 Å². The van der Waals surface area contributed by atoms with Crippen LogP contribution in [0, 0.1) is 20.8 Å². The summed E-state index contributed by atoms with van der Waals surface area (Å²) < 4.78 is 10.6. The number of ether oxygens (including phenoxy) is 1. The first kappa shape index (κ1) is 21.0. The number of esters is 1. The van der Waals surface area contributed by atoms with E-state index in [9.17, 15) is 14.4 Å². The van der Waals surface area contributed by atoms with E-state index in [1.54, 1.807) is 12.1 Å². The van der Waals surface area contributed by atoms with Gasteiger partial charge in [-0.25, -0.2) is 4.79 Å². The monoisotopic (exact) mass is 416 g/mol. The van der Waals surface area contributed by atoms with Crippen LogP contribution in [0.5, 0.6) is 0 Å². The number of thioether (sulfide) groups is 1. The number of hydrogen-bond donors (Lipinski definition) is 1. The van der Waals surface area contributed by atoms with Gasteiger partial charge in [0.05, 0.1) is 6.26 Å². The standard InChI is InChI=1S/C21H24N2O5S/c1-12-8-13(2)19(14(3)9-12)22-18(25)10-28-21(26)16-11-29-20(23(16)15(4)24)17-6-5-7-27-17/h5-9,16,20H,10-11H2,1-4H3,(H,22,25)/t16-,20-/m1/s1. The van der Waals surface area contributed by atoms with Crippen molar-refractivity contribution in [2.45, 2.75) is 39.1 Å². The highest BCUT2D eigenvalue weighted by Gasteiger charge is 2.43. The summed E-state index contributed by atoms with van der Waals surface area (Å²) in [4.78, 5) is 38.4. The molecule has 7 nitrogen and oxygen atoms in total. The van der Waals surface area contributed by atoms with Crippen LogP contribution in [-0.2, 0) is 19.1 Å². The summed E-state index contributed by atoms with van der Waals surface area (Å²) in [6.07, 6.45) is 1.53. The lowest BCUT2D eigenvalue weighted by molar-refractivity contribution is -0.155. The number of carbonyl (C=O) groups is 3. The van der Waals surface area contributed by atoms with E-state index in [0.717, 1.165) is 22.4 Å². The predicted molar refractivity (Wildman–Crippen MR) is 110 cm³/mol. The van der Waals surface area contributed by atoms with Gasteiger partial charge in [-0.1, -0.05) is 17.7 Å². The molecule has 0 bridgehead atoms. The van der Waals surface area contributed by atoms with Crippen molar-refractivity contribution < 1.29 is 23.5 Å². The van der Waals surface area contributed by atoms with Gasteiger partial charge in [0.2, 0.25) is 5.91 Å². The van der Waals surface area contributed by atoms with E-state index >= 15 is 0 Å². The second-order valence-electron chi connectivity index (χ2n) is 7.07. The van der Waals surface area contributed by atoms with Gasteiger partial charge in [0.15, 0.2) is 6.61 Å². The summed E-state index contributed by atoms with van der Waals surface area (Å²) in [6, 6.07) is 6.69. The van der Waals surface area contributed by atoms with Crippen LogP contribution in [0.15, 0.2) is 34.9 Å². The van der Waals surface area contributed by atoms with Gasteiger partial charge in [0.1, 0.15) is 17.2 Å².